The molecule has 0 saturated heterocycles. The largest absolute Gasteiger partial charge is 0.491 e. The smallest absolute Gasteiger partial charge is 0.240 e. The minimum atomic E-state index is -3.90. The topological polar surface area (TPSA) is 89.5 Å². The maximum atomic E-state index is 13.2. The van der Waals surface area contributed by atoms with E-state index >= 15 is 0 Å². The first-order valence-corrected chi connectivity index (χ1v) is 13.2. The SMILES string of the molecule is CC(C)Oc1ccc(S(=O)(=O)NC[C@H](c2ccccc2)S(=O)(=O)c2cccs2)cc1. The first kappa shape index (κ1) is 22.5. The molecular formula is C21H23NO5S3. The molecule has 30 heavy (non-hydrogen) atoms. The second-order valence-electron chi connectivity index (χ2n) is 6.87. The van der Waals surface area contributed by atoms with E-state index in [1.165, 1.54) is 18.2 Å². The zero-order chi connectivity index (χ0) is 21.8. The third-order valence-corrected chi connectivity index (χ3v) is 9.26. The Balaban J connectivity index is 1.85. The van der Waals surface area contributed by atoms with Crippen molar-refractivity contribution in [1.29, 1.82) is 0 Å². The van der Waals surface area contributed by atoms with Crippen molar-refractivity contribution in [3.05, 3.63) is 77.7 Å². The number of hydrogen-bond acceptors (Lipinski definition) is 6. The Bertz CT molecular complexity index is 1160. The van der Waals surface area contributed by atoms with E-state index in [9.17, 15) is 16.8 Å². The quantitative estimate of drug-likeness (QED) is 0.515. The Morgan fingerprint density at radius 2 is 1.57 bits per heavy atom. The van der Waals surface area contributed by atoms with Crippen molar-refractivity contribution in [1.82, 2.24) is 4.72 Å². The highest BCUT2D eigenvalue weighted by molar-refractivity contribution is 7.93. The molecule has 9 heteroatoms. The monoisotopic (exact) mass is 465 g/mol. The summed E-state index contributed by atoms with van der Waals surface area (Å²) in [5.74, 6) is 0.561. The van der Waals surface area contributed by atoms with Crippen molar-refractivity contribution in [2.45, 2.75) is 34.3 Å². The molecule has 0 spiro atoms. The summed E-state index contributed by atoms with van der Waals surface area (Å²) in [5.41, 5.74) is 0.522. The molecule has 1 aromatic heterocycles. The summed E-state index contributed by atoms with van der Waals surface area (Å²) >= 11 is 1.11. The van der Waals surface area contributed by atoms with E-state index in [0.717, 1.165) is 11.3 Å². The van der Waals surface area contributed by atoms with Crippen molar-refractivity contribution < 1.29 is 21.6 Å². The fourth-order valence-electron chi connectivity index (χ4n) is 2.88. The van der Waals surface area contributed by atoms with Crippen LogP contribution in [0.25, 0.3) is 0 Å². The highest BCUT2D eigenvalue weighted by atomic mass is 32.2. The van der Waals surface area contributed by atoms with Gasteiger partial charge in [0.25, 0.3) is 0 Å². The van der Waals surface area contributed by atoms with Crippen LogP contribution in [0.3, 0.4) is 0 Å². The molecular weight excluding hydrogens is 442 g/mol. The molecule has 0 radical (unpaired) electrons. The van der Waals surface area contributed by atoms with Crippen LogP contribution in [0, 0.1) is 0 Å². The van der Waals surface area contributed by atoms with E-state index < -0.39 is 25.1 Å². The van der Waals surface area contributed by atoms with E-state index in [-0.39, 0.29) is 21.8 Å². The molecule has 0 unspecified atom stereocenters. The third kappa shape index (κ3) is 5.28. The Morgan fingerprint density at radius 3 is 2.13 bits per heavy atom. The van der Waals surface area contributed by atoms with Crippen LogP contribution in [0.15, 0.2) is 81.2 Å². The average molecular weight is 466 g/mol. The van der Waals surface area contributed by atoms with Gasteiger partial charge < -0.3 is 4.74 Å². The van der Waals surface area contributed by atoms with Crippen molar-refractivity contribution >= 4 is 31.2 Å². The lowest BCUT2D eigenvalue weighted by molar-refractivity contribution is 0.242. The molecule has 160 valence electrons. The third-order valence-electron chi connectivity index (χ3n) is 4.29. The minimum absolute atomic E-state index is 0.0281. The molecule has 0 aliphatic carbocycles. The fourth-order valence-corrected chi connectivity index (χ4v) is 6.90. The summed E-state index contributed by atoms with van der Waals surface area (Å²) < 4.78 is 60.0. The first-order chi connectivity index (χ1) is 14.2. The lowest BCUT2D eigenvalue weighted by Gasteiger charge is -2.18. The molecule has 0 fully saturated rings. The molecule has 3 rings (SSSR count). The van der Waals surface area contributed by atoms with Gasteiger partial charge in [-0.15, -0.1) is 11.3 Å². The number of sulfone groups is 1. The average Bonchev–Trinajstić information content (AvgIpc) is 3.24. The lowest BCUT2D eigenvalue weighted by Crippen LogP contribution is -2.31. The van der Waals surface area contributed by atoms with E-state index in [2.05, 4.69) is 4.72 Å². The molecule has 0 saturated carbocycles. The van der Waals surface area contributed by atoms with Crippen LogP contribution in [0.4, 0.5) is 0 Å². The maximum absolute atomic E-state index is 13.2. The Hall–Kier alpha value is -2.20. The summed E-state index contributed by atoms with van der Waals surface area (Å²) in [5, 5.41) is 0.635. The van der Waals surface area contributed by atoms with Crippen molar-refractivity contribution in [3.8, 4) is 5.75 Å². The summed E-state index contributed by atoms with van der Waals surface area (Å²) in [4.78, 5) is 0.0407. The van der Waals surface area contributed by atoms with Crippen LogP contribution in [0.5, 0.6) is 5.75 Å². The van der Waals surface area contributed by atoms with Crippen LogP contribution < -0.4 is 9.46 Å². The van der Waals surface area contributed by atoms with Gasteiger partial charge in [0.15, 0.2) is 9.84 Å². The first-order valence-electron chi connectivity index (χ1n) is 9.29. The maximum Gasteiger partial charge on any atom is 0.240 e. The van der Waals surface area contributed by atoms with Crippen LogP contribution in [0.1, 0.15) is 24.7 Å². The number of hydrogen-bond donors (Lipinski definition) is 1. The normalized spacial score (nSPS) is 13.3. The summed E-state index contributed by atoms with van der Waals surface area (Å²) in [6, 6.07) is 17.8. The lowest BCUT2D eigenvalue weighted by atomic mass is 10.1. The van der Waals surface area contributed by atoms with Gasteiger partial charge >= 0.3 is 0 Å². The standard InChI is InChI=1S/C21H23NO5S3/c1-16(2)27-18-10-12-19(13-11-18)30(25,26)22-15-20(17-7-4-3-5-8-17)29(23,24)21-9-6-14-28-21/h3-14,16,20,22H,15H2,1-2H3/t20-/m1/s1. The molecule has 0 aliphatic rings. The molecule has 6 nitrogen and oxygen atoms in total. The molecule has 0 bridgehead atoms. The molecule has 2 aromatic carbocycles. The van der Waals surface area contributed by atoms with Crippen molar-refractivity contribution in [2.24, 2.45) is 0 Å². The number of rotatable bonds is 9. The molecule has 3 aromatic rings. The van der Waals surface area contributed by atoms with Crippen molar-refractivity contribution in [3.63, 3.8) is 0 Å². The molecule has 1 N–H and O–H groups in total. The van der Waals surface area contributed by atoms with Gasteiger partial charge in [-0.25, -0.2) is 21.6 Å². The zero-order valence-electron chi connectivity index (χ0n) is 16.6. The van der Waals surface area contributed by atoms with Gasteiger partial charge in [0, 0.05) is 6.54 Å². The molecule has 1 atom stereocenters. The summed E-state index contributed by atoms with van der Waals surface area (Å²) in [7, 11) is -7.67. The number of sulfonamides is 1. The van der Waals surface area contributed by atoms with Gasteiger partial charge in [-0.05, 0) is 55.1 Å². The predicted octanol–water partition coefficient (Wildman–Crippen LogP) is 4.03. The fraction of sp³-hybridized carbons (Fsp3) is 0.238. The van der Waals surface area contributed by atoms with Crippen LogP contribution in [-0.2, 0) is 19.9 Å². The summed E-state index contributed by atoms with van der Waals surface area (Å²) in [6.07, 6.45) is -0.0281. The Kier molecular flexibility index (Phi) is 6.97. The second kappa shape index (κ2) is 9.30. The molecule has 0 aliphatic heterocycles. The Labute approximate surface area is 181 Å². The van der Waals surface area contributed by atoms with E-state index in [4.69, 9.17) is 4.74 Å². The van der Waals surface area contributed by atoms with Gasteiger partial charge in [0.1, 0.15) is 15.2 Å². The van der Waals surface area contributed by atoms with Gasteiger partial charge in [-0.2, -0.15) is 0 Å². The number of nitrogens with one attached hydrogen (secondary N) is 1. The second-order valence-corrected chi connectivity index (χ2v) is 11.9. The highest BCUT2D eigenvalue weighted by Gasteiger charge is 2.31. The van der Waals surface area contributed by atoms with Gasteiger partial charge in [-0.3, -0.25) is 0 Å². The van der Waals surface area contributed by atoms with E-state index in [0.29, 0.717) is 11.3 Å². The Morgan fingerprint density at radius 1 is 0.900 bits per heavy atom. The number of ether oxygens (including phenoxy) is 1. The predicted molar refractivity (Wildman–Crippen MR) is 118 cm³/mol. The molecule has 0 amide bonds. The highest BCUT2D eigenvalue weighted by Crippen LogP contribution is 2.31. The van der Waals surface area contributed by atoms with Crippen molar-refractivity contribution in [2.75, 3.05) is 6.54 Å². The number of benzene rings is 2. The number of thiophene rings is 1. The van der Waals surface area contributed by atoms with Crippen LogP contribution in [0.2, 0.25) is 0 Å². The van der Waals surface area contributed by atoms with Gasteiger partial charge in [0.2, 0.25) is 10.0 Å². The molecule has 1 heterocycles. The van der Waals surface area contributed by atoms with E-state index in [1.807, 2.05) is 13.8 Å². The van der Waals surface area contributed by atoms with Gasteiger partial charge in [0.05, 0.1) is 11.0 Å². The van der Waals surface area contributed by atoms with Crippen LogP contribution >= 0.6 is 11.3 Å². The van der Waals surface area contributed by atoms with Crippen LogP contribution in [-0.4, -0.2) is 29.5 Å². The van der Waals surface area contributed by atoms with Gasteiger partial charge in [-0.1, -0.05) is 36.4 Å². The van der Waals surface area contributed by atoms with E-state index in [1.54, 1.807) is 53.9 Å². The minimum Gasteiger partial charge on any atom is -0.491 e. The zero-order valence-corrected chi connectivity index (χ0v) is 19.0. The summed E-state index contributed by atoms with van der Waals surface area (Å²) in [6.45, 7) is 3.48.